The van der Waals surface area contributed by atoms with Gasteiger partial charge in [0.25, 0.3) is 0 Å². The molecule has 0 bridgehead atoms. The molecule has 3 aliphatic rings. The first-order valence-electron chi connectivity index (χ1n) is 9.63. The third-order valence-corrected chi connectivity index (χ3v) is 6.23. The van der Waals surface area contributed by atoms with Gasteiger partial charge in [-0.2, -0.15) is 0 Å². The van der Waals surface area contributed by atoms with E-state index in [0.717, 1.165) is 56.8 Å². The molecule has 0 atom stereocenters. The molecule has 8 nitrogen and oxygen atoms in total. The van der Waals surface area contributed by atoms with Crippen LogP contribution in [0.1, 0.15) is 41.5 Å². The van der Waals surface area contributed by atoms with Crippen molar-refractivity contribution < 1.29 is 13.7 Å². The molecule has 0 fully saturated rings. The number of carbonyl (C=O) groups excluding carboxylic acids is 1. The molecule has 4 N–H and O–H groups in total. The molecule has 0 unspecified atom stereocenters. The van der Waals surface area contributed by atoms with Crippen LogP contribution in [0, 0.1) is 0 Å². The number of fused-ring (bicyclic) bond motifs is 2. The van der Waals surface area contributed by atoms with E-state index in [4.69, 9.17) is 10.5 Å². The van der Waals surface area contributed by atoms with E-state index in [2.05, 4.69) is 26.3 Å². The average Bonchev–Trinajstić information content (AvgIpc) is 3.37. The Bertz CT molecular complexity index is 915. The van der Waals surface area contributed by atoms with Crippen LogP contribution in [-0.4, -0.2) is 25.1 Å². The van der Waals surface area contributed by atoms with Gasteiger partial charge in [-0.05, 0) is 71.9 Å². The average molecular weight is 403 g/mol. The van der Waals surface area contributed by atoms with Crippen molar-refractivity contribution in [3.8, 4) is 0 Å². The molecule has 9 heteroatoms. The van der Waals surface area contributed by atoms with Gasteiger partial charge in [0.2, 0.25) is 0 Å². The van der Waals surface area contributed by atoms with E-state index < -0.39 is 16.6 Å². The number of anilines is 1. The molecular weight excluding hydrogens is 378 g/mol. The second kappa shape index (κ2) is 8.22. The molecule has 28 heavy (non-hydrogen) atoms. The van der Waals surface area contributed by atoms with Crippen LogP contribution < -0.4 is 16.5 Å². The third-order valence-electron chi connectivity index (χ3n) is 5.29. The van der Waals surface area contributed by atoms with Crippen molar-refractivity contribution in [3.63, 3.8) is 0 Å². The van der Waals surface area contributed by atoms with Crippen LogP contribution in [0.2, 0.25) is 0 Å². The molecule has 4 rings (SSSR count). The first-order valence-corrected chi connectivity index (χ1v) is 10.7. The van der Waals surface area contributed by atoms with Gasteiger partial charge in [-0.15, -0.1) is 10.6 Å². The summed E-state index contributed by atoms with van der Waals surface area (Å²) in [5.41, 5.74) is 13.9. The van der Waals surface area contributed by atoms with Crippen LogP contribution in [-0.2, 0) is 45.2 Å². The highest BCUT2D eigenvalue weighted by Gasteiger charge is 2.24. The minimum Gasteiger partial charge on any atom is -0.479 e. The van der Waals surface area contributed by atoms with Crippen molar-refractivity contribution in [2.75, 3.05) is 18.5 Å². The van der Waals surface area contributed by atoms with Crippen LogP contribution >= 0.6 is 0 Å². The topological polar surface area (TPSA) is 118 Å². The van der Waals surface area contributed by atoms with Gasteiger partial charge in [-0.3, -0.25) is 14.9 Å². The summed E-state index contributed by atoms with van der Waals surface area (Å²) < 4.78 is 21.5. The fourth-order valence-corrected chi connectivity index (χ4v) is 4.71. The molecular formula is C19H24N5O3S-. The Morgan fingerprint density at radius 1 is 1.18 bits per heavy atom. The zero-order valence-corrected chi connectivity index (χ0v) is 16.4. The number of benzene rings is 1. The summed E-state index contributed by atoms with van der Waals surface area (Å²) in [6, 6.07) is 1.79. The highest BCUT2D eigenvalue weighted by Crippen LogP contribution is 2.38. The summed E-state index contributed by atoms with van der Waals surface area (Å²) in [5, 5.41) is 2.94. The lowest BCUT2D eigenvalue weighted by molar-refractivity contribution is 0.252. The van der Waals surface area contributed by atoms with Crippen LogP contribution in [0.15, 0.2) is 26.6 Å². The molecule has 2 aliphatic carbocycles. The fourth-order valence-electron chi connectivity index (χ4n) is 4.05. The van der Waals surface area contributed by atoms with Gasteiger partial charge in [0.05, 0.1) is 6.61 Å². The Hall–Kier alpha value is -2.55. The number of rotatable bonds is 4. The van der Waals surface area contributed by atoms with Crippen molar-refractivity contribution >= 4 is 28.2 Å². The quantitative estimate of drug-likeness (QED) is 0.529. The Labute approximate surface area is 165 Å². The number of carbonyl (C=O) groups is 1. The Balaban J connectivity index is 1.49. The van der Waals surface area contributed by atoms with Crippen LogP contribution in [0.3, 0.4) is 0 Å². The molecule has 1 aromatic carbocycles. The van der Waals surface area contributed by atoms with E-state index >= 15 is 0 Å². The van der Waals surface area contributed by atoms with Gasteiger partial charge in [-0.1, -0.05) is 6.07 Å². The third kappa shape index (κ3) is 3.71. The van der Waals surface area contributed by atoms with Crippen molar-refractivity contribution in [2.24, 2.45) is 15.2 Å². The van der Waals surface area contributed by atoms with Gasteiger partial charge in [0.15, 0.2) is 5.90 Å². The molecule has 0 radical (unpaired) electrons. The van der Waals surface area contributed by atoms with Crippen LogP contribution in [0.4, 0.5) is 10.5 Å². The monoisotopic (exact) mass is 402 g/mol. The number of ether oxygens (including phenoxy) is 1. The van der Waals surface area contributed by atoms with E-state index in [1.807, 2.05) is 0 Å². The Morgan fingerprint density at radius 2 is 1.89 bits per heavy atom. The van der Waals surface area contributed by atoms with E-state index in [9.17, 15) is 9.00 Å². The number of hydrogen-bond donors (Lipinski definition) is 3. The minimum atomic E-state index is -1.90. The number of urea groups is 1. The number of nitrogens with zero attached hydrogens (tertiary/aromatic N) is 2. The molecule has 0 spiro atoms. The van der Waals surface area contributed by atoms with Gasteiger partial charge >= 0.3 is 6.03 Å². The number of amides is 2. The maximum absolute atomic E-state index is 12.4. The molecule has 150 valence electrons. The van der Waals surface area contributed by atoms with Crippen molar-refractivity contribution in [3.05, 3.63) is 39.4 Å². The summed E-state index contributed by atoms with van der Waals surface area (Å²) in [5.74, 6) is 0.219. The summed E-state index contributed by atoms with van der Waals surface area (Å²) >= 11 is 0. The lowest BCUT2D eigenvalue weighted by atomic mass is 9.99. The highest BCUT2D eigenvalue weighted by molar-refractivity contribution is 7.80. The van der Waals surface area contributed by atoms with Crippen molar-refractivity contribution in [2.45, 2.75) is 44.9 Å². The fraction of sp³-hybridized carbons (Fsp3) is 0.474. The largest absolute Gasteiger partial charge is 0.479 e. The van der Waals surface area contributed by atoms with Crippen molar-refractivity contribution in [1.29, 1.82) is 0 Å². The van der Waals surface area contributed by atoms with E-state index in [1.165, 1.54) is 22.3 Å². The van der Waals surface area contributed by atoms with Crippen LogP contribution in [0.25, 0.3) is 0 Å². The maximum Gasteiger partial charge on any atom is 0.337 e. The van der Waals surface area contributed by atoms with E-state index in [0.29, 0.717) is 13.2 Å². The zero-order valence-electron chi connectivity index (χ0n) is 15.6. The van der Waals surface area contributed by atoms with Crippen LogP contribution in [0.5, 0.6) is 0 Å². The Kier molecular flexibility index (Phi) is 5.52. The number of nitrogens with two attached hydrogens (primary N) is 1. The molecule has 0 aromatic heterocycles. The lowest BCUT2D eigenvalue weighted by Gasteiger charge is -2.19. The summed E-state index contributed by atoms with van der Waals surface area (Å²) in [6.45, 7) is 1.08. The zero-order chi connectivity index (χ0) is 19.5. The van der Waals surface area contributed by atoms with Gasteiger partial charge < -0.3 is 20.0 Å². The molecule has 1 heterocycles. The molecule has 0 saturated heterocycles. The summed E-state index contributed by atoms with van der Waals surface area (Å²) in [4.78, 5) is 16.8. The van der Waals surface area contributed by atoms with E-state index in [1.54, 1.807) is 0 Å². The Morgan fingerprint density at radius 3 is 2.50 bits per heavy atom. The second-order valence-corrected chi connectivity index (χ2v) is 8.18. The first-order chi connectivity index (χ1) is 13.7. The van der Waals surface area contributed by atoms with E-state index in [-0.39, 0.29) is 10.8 Å². The molecule has 2 amide bonds. The number of aryl methyl sites for hydroxylation is 2. The smallest absolute Gasteiger partial charge is 0.337 e. The molecule has 1 aromatic rings. The number of aliphatic imine (C=N–C) groups is 1. The molecule has 0 saturated carbocycles. The second-order valence-electron chi connectivity index (χ2n) is 7.06. The summed E-state index contributed by atoms with van der Waals surface area (Å²) in [6.07, 6.45) is 8.22. The van der Waals surface area contributed by atoms with Gasteiger partial charge in [0, 0.05) is 18.7 Å². The summed E-state index contributed by atoms with van der Waals surface area (Å²) in [7, 11) is -1.90. The maximum atomic E-state index is 12.4. The minimum absolute atomic E-state index is 0.154. The highest BCUT2D eigenvalue weighted by atomic mass is 32.2. The number of hydrogen-bond acceptors (Lipinski definition) is 7. The SMILES string of the molecule is NC=C(C1=NCCCO1)[S-](=O)=NNC(=O)Nc1c2c(cc3c1CCC3)CCC2. The van der Waals surface area contributed by atoms with Gasteiger partial charge in [0.1, 0.15) is 0 Å². The first kappa shape index (κ1) is 18.8. The van der Waals surface area contributed by atoms with Gasteiger partial charge in [-0.25, -0.2) is 4.79 Å². The normalized spacial score (nSPS) is 19.4. The predicted octanol–water partition coefficient (Wildman–Crippen LogP) is 2.47. The lowest BCUT2D eigenvalue weighted by Crippen LogP contribution is -2.26. The molecule has 1 aliphatic heterocycles. The standard InChI is InChI=1S/C19H24N5O3S/c20-11-16(18-21-8-3-9-27-18)28(26)24-23-19(25)22-17-14-6-1-4-12(14)10-13-5-2-7-15(13)17/h10-11H,1-9,20H2,(H2,22,23,25)/q-1. The predicted molar refractivity (Wildman–Crippen MR) is 108 cm³/mol. The van der Waals surface area contributed by atoms with Crippen molar-refractivity contribution in [1.82, 2.24) is 5.43 Å². The number of nitrogens with one attached hydrogen (secondary N) is 2.